The topological polar surface area (TPSA) is 80.7 Å². The zero-order valence-electron chi connectivity index (χ0n) is 10.2. The molecule has 0 saturated heterocycles. The second kappa shape index (κ2) is 5.58. The Morgan fingerprint density at radius 1 is 1.42 bits per heavy atom. The first-order valence-corrected chi connectivity index (χ1v) is 5.86. The molecule has 2 aromatic rings. The SMILES string of the molecule is Cc1cccc(Oc2nccc(/C(N)=N/O)c2Cl)c1. The minimum absolute atomic E-state index is 0.0958. The number of hydrogen-bond donors (Lipinski definition) is 2. The van der Waals surface area contributed by atoms with E-state index in [1.54, 1.807) is 12.1 Å². The van der Waals surface area contributed by atoms with E-state index in [0.717, 1.165) is 5.56 Å². The van der Waals surface area contributed by atoms with Crippen LogP contribution in [-0.4, -0.2) is 16.0 Å². The van der Waals surface area contributed by atoms with E-state index in [0.29, 0.717) is 11.3 Å². The molecule has 1 heterocycles. The van der Waals surface area contributed by atoms with Gasteiger partial charge in [0.2, 0.25) is 5.88 Å². The monoisotopic (exact) mass is 277 g/mol. The molecule has 0 bridgehead atoms. The minimum Gasteiger partial charge on any atom is -0.438 e. The fourth-order valence-electron chi connectivity index (χ4n) is 1.54. The van der Waals surface area contributed by atoms with Gasteiger partial charge in [-0.2, -0.15) is 0 Å². The van der Waals surface area contributed by atoms with Crippen LogP contribution < -0.4 is 10.5 Å². The molecule has 0 aliphatic rings. The number of amidine groups is 1. The largest absolute Gasteiger partial charge is 0.438 e. The second-order valence-electron chi connectivity index (χ2n) is 3.88. The van der Waals surface area contributed by atoms with Gasteiger partial charge in [-0.15, -0.1) is 0 Å². The smallest absolute Gasteiger partial charge is 0.238 e. The van der Waals surface area contributed by atoms with Crippen molar-refractivity contribution in [2.45, 2.75) is 6.92 Å². The fourth-order valence-corrected chi connectivity index (χ4v) is 1.79. The average molecular weight is 278 g/mol. The number of oxime groups is 1. The Labute approximate surface area is 115 Å². The summed E-state index contributed by atoms with van der Waals surface area (Å²) in [5.74, 6) is 0.726. The molecule has 0 saturated carbocycles. The lowest BCUT2D eigenvalue weighted by molar-refractivity contribution is 0.318. The molecule has 5 nitrogen and oxygen atoms in total. The third kappa shape index (κ3) is 2.95. The molecule has 1 aromatic carbocycles. The molecular weight excluding hydrogens is 266 g/mol. The Morgan fingerprint density at radius 3 is 2.89 bits per heavy atom. The first kappa shape index (κ1) is 13.2. The molecule has 98 valence electrons. The normalized spacial score (nSPS) is 11.4. The van der Waals surface area contributed by atoms with Gasteiger partial charge in [0.1, 0.15) is 10.8 Å². The Hall–Kier alpha value is -2.27. The average Bonchev–Trinajstić information content (AvgIpc) is 2.40. The van der Waals surface area contributed by atoms with Crippen LogP contribution in [0.4, 0.5) is 0 Å². The highest BCUT2D eigenvalue weighted by Gasteiger charge is 2.12. The van der Waals surface area contributed by atoms with Gasteiger partial charge in [-0.1, -0.05) is 28.9 Å². The number of aryl methyl sites for hydroxylation is 1. The number of rotatable bonds is 3. The van der Waals surface area contributed by atoms with Crippen LogP contribution in [0.5, 0.6) is 11.6 Å². The number of nitrogens with two attached hydrogens (primary N) is 1. The van der Waals surface area contributed by atoms with Gasteiger partial charge in [0.25, 0.3) is 0 Å². The summed E-state index contributed by atoms with van der Waals surface area (Å²) in [5, 5.41) is 11.8. The van der Waals surface area contributed by atoms with E-state index in [1.807, 2.05) is 25.1 Å². The van der Waals surface area contributed by atoms with Gasteiger partial charge in [-0.25, -0.2) is 4.98 Å². The summed E-state index contributed by atoms with van der Waals surface area (Å²) in [6.45, 7) is 1.95. The van der Waals surface area contributed by atoms with Gasteiger partial charge in [0.15, 0.2) is 5.84 Å². The van der Waals surface area contributed by atoms with E-state index in [9.17, 15) is 0 Å². The Kier molecular flexibility index (Phi) is 3.87. The zero-order valence-corrected chi connectivity index (χ0v) is 10.9. The predicted molar refractivity (Wildman–Crippen MR) is 73.0 cm³/mol. The van der Waals surface area contributed by atoms with Crippen molar-refractivity contribution in [3.05, 3.63) is 52.7 Å². The van der Waals surface area contributed by atoms with Gasteiger partial charge < -0.3 is 15.7 Å². The number of pyridine rings is 1. The molecule has 0 spiro atoms. The quantitative estimate of drug-likeness (QED) is 0.391. The summed E-state index contributed by atoms with van der Waals surface area (Å²) < 4.78 is 5.59. The van der Waals surface area contributed by atoms with Crippen molar-refractivity contribution in [3.63, 3.8) is 0 Å². The highest BCUT2D eigenvalue weighted by molar-refractivity contribution is 6.35. The minimum atomic E-state index is -0.0958. The summed E-state index contributed by atoms with van der Waals surface area (Å²) >= 11 is 6.11. The number of halogens is 1. The van der Waals surface area contributed by atoms with E-state index >= 15 is 0 Å². The first-order valence-electron chi connectivity index (χ1n) is 5.48. The number of hydrogen-bond acceptors (Lipinski definition) is 4. The molecule has 1 aromatic heterocycles. The number of nitrogens with zero attached hydrogens (tertiary/aromatic N) is 2. The summed E-state index contributed by atoms with van der Waals surface area (Å²) in [7, 11) is 0. The van der Waals surface area contributed by atoms with Gasteiger partial charge in [0.05, 0.1) is 0 Å². The molecule has 0 radical (unpaired) electrons. The zero-order chi connectivity index (χ0) is 13.8. The molecule has 0 amide bonds. The van der Waals surface area contributed by atoms with Crippen LogP contribution >= 0.6 is 11.6 Å². The van der Waals surface area contributed by atoms with E-state index in [2.05, 4.69) is 10.1 Å². The molecule has 0 atom stereocenters. The van der Waals surface area contributed by atoms with Gasteiger partial charge >= 0.3 is 0 Å². The van der Waals surface area contributed by atoms with Crippen molar-refractivity contribution >= 4 is 17.4 Å². The summed E-state index contributed by atoms with van der Waals surface area (Å²) in [4.78, 5) is 4.03. The number of ether oxygens (including phenoxy) is 1. The van der Waals surface area contributed by atoms with Crippen LogP contribution in [-0.2, 0) is 0 Å². The van der Waals surface area contributed by atoms with Crippen LogP contribution in [0.2, 0.25) is 5.02 Å². The highest BCUT2D eigenvalue weighted by atomic mass is 35.5. The standard InChI is InChI=1S/C13H12ClN3O2/c1-8-3-2-4-9(7-8)19-13-11(14)10(5-6-16-13)12(15)17-18/h2-7,18H,1H3,(H2,15,17). The predicted octanol–water partition coefficient (Wildman–Crippen LogP) is 2.93. The van der Waals surface area contributed by atoms with Crippen molar-refractivity contribution in [1.82, 2.24) is 4.98 Å². The van der Waals surface area contributed by atoms with Crippen molar-refractivity contribution in [2.75, 3.05) is 0 Å². The van der Waals surface area contributed by atoms with E-state index in [-0.39, 0.29) is 16.7 Å². The molecule has 0 fully saturated rings. The maximum absolute atomic E-state index is 8.67. The van der Waals surface area contributed by atoms with Gasteiger partial charge in [0, 0.05) is 11.8 Å². The Bertz CT molecular complexity index is 629. The first-order chi connectivity index (χ1) is 9.11. The van der Waals surface area contributed by atoms with E-state index < -0.39 is 0 Å². The van der Waals surface area contributed by atoms with Crippen molar-refractivity contribution in [1.29, 1.82) is 0 Å². The third-order valence-electron chi connectivity index (χ3n) is 2.44. The summed E-state index contributed by atoms with van der Waals surface area (Å²) in [6, 6.07) is 9.01. The van der Waals surface area contributed by atoms with E-state index in [4.69, 9.17) is 27.3 Å². The fraction of sp³-hybridized carbons (Fsp3) is 0.0769. The number of aromatic nitrogens is 1. The Balaban J connectivity index is 2.36. The third-order valence-corrected chi connectivity index (χ3v) is 2.81. The summed E-state index contributed by atoms with van der Waals surface area (Å²) in [6.07, 6.45) is 1.48. The Morgan fingerprint density at radius 2 is 2.21 bits per heavy atom. The molecule has 3 N–H and O–H groups in total. The van der Waals surface area contributed by atoms with Crippen molar-refractivity contribution < 1.29 is 9.94 Å². The molecule has 6 heteroatoms. The lowest BCUT2D eigenvalue weighted by atomic mass is 10.2. The lowest BCUT2D eigenvalue weighted by Gasteiger charge is -2.09. The van der Waals surface area contributed by atoms with Gasteiger partial charge in [-0.3, -0.25) is 0 Å². The van der Waals surface area contributed by atoms with Crippen LogP contribution in [0.25, 0.3) is 0 Å². The summed E-state index contributed by atoms with van der Waals surface area (Å²) in [5.41, 5.74) is 6.93. The highest BCUT2D eigenvalue weighted by Crippen LogP contribution is 2.29. The molecule has 0 aliphatic heterocycles. The maximum atomic E-state index is 8.67. The molecule has 0 unspecified atom stereocenters. The second-order valence-corrected chi connectivity index (χ2v) is 4.26. The van der Waals surface area contributed by atoms with Crippen LogP contribution in [0.1, 0.15) is 11.1 Å². The van der Waals surface area contributed by atoms with Gasteiger partial charge in [-0.05, 0) is 30.7 Å². The number of benzene rings is 1. The maximum Gasteiger partial charge on any atom is 0.238 e. The van der Waals surface area contributed by atoms with Crippen molar-refractivity contribution in [3.8, 4) is 11.6 Å². The molecule has 19 heavy (non-hydrogen) atoms. The molecular formula is C13H12ClN3O2. The van der Waals surface area contributed by atoms with Crippen LogP contribution in [0, 0.1) is 6.92 Å². The van der Waals surface area contributed by atoms with E-state index in [1.165, 1.54) is 6.20 Å². The molecule has 0 aliphatic carbocycles. The van der Waals surface area contributed by atoms with Crippen molar-refractivity contribution in [2.24, 2.45) is 10.9 Å². The lowest BCUT2D eigenvalue weighted by Crippen LogP contribution is -2.14. The van der Waals surface area contributed by atoms with Crippen LogP contribution in [0.15, 0.2) is 41.7 Å². The molecule has 2 rings (SSSR count). The van der Waals surface area contributed by atoms with Crippen LogP contribution in [0.3, 0.4) is 0 Å².